The summed E-state index contributed by atoms with van der Waals surface area (Å²) >= 11 is 5.78. The van der Waals surface area contributed by atoms with Crippen molar-refractivity contribution >= 4 is 17.5 Å². The zero-order chi connectivity index (χ0) is 13.7. The quantitative estimate of drug-likeness (QED) is 0.810. The van der Waals surface area contributed by atoms with Gasteiger partial charge in [-0.1, -0.05) is 26.0 Å². The van der Waals surface area contributed by atoms with Crippen molar-refractivity contribution in [3.05, 3.63) is 34.9 Å². The number of rotatable bonds is 5. The van der Waals surface area contributed by atoms with E-state index >= 15 is 0 Å². The maximum atomic E-state index is 12.3. The maximum absolute atomic E-state index is 12.3. The van der Waals surface area contributed by atoms with Gasteiger partial charge in [-0.2, -0.15) is 0 Å². The van der Waals surface area contributed by atoms with Gasteiger partial charge in [-0.15, -0.1) is 11.6 Å². The molecular weight excluding hydrogens is 246 g/mol. The van der Waals surface area contributed by atoms with Crippen molar-refractivity contribution in [2.45, 2.75) is 40.2 Å². The van der Waals surface area contributed by atoms with E-state index in [0.29, 0.717) is 11.8 Å². The van der Waals surface area contributed by atoms with Crippen molar-refractivity contribution < 1.29 is 4.79 Å². The summed E-state index contributed by atoms with van der Waals surface area (Å²) in [5.74, 6) is 0.952. The molecule has 0 saturated carbocycles. The smallest absolute Gasteiger partial charge is 0.251 e. The van der Waals surface area contributed by atoms with E-state index in [2.05, 4.69) is 19.2 Å². The van der Waals surface area contributed by atoms with E-state index in [1.165, 1.54) is 0 Å². The molecule has 0 aliphatic carbocycles. The lowest BCUT2D eigenvalue weighted by Crippen LogP contribution is -2.39. The van der Waals surface area contributed by atoms with Crippen LogP contribution in [0.1, 0.15) is 41.8 Å². The van der Waals surface area contributed by atoms with Crippen LogP contribution in [0.5, 0.6) is 0 Å². The topological polar surface area (TPSA) is 29.1 Å². The number of carbonyl (C=O) groups is 1. The summed E-state index contributed by atoms with van der Waals surface area (Å²) in [7, 11) is 0. The van der Waals surface area contributed by atoms with Crippen molar-refractivity contribution in [1.29, 1.82) is 0 Å². The Labute approximate surface area is 115 Å². The molecule has 3 heteroatoms. The standard InChI is InChI=1S/C15H22ClNO/c1-10(2)14(8-9-16)17-15(18)13-7-5-6-11(3)12(13)4/h5-7,10,14H,8-9H2,1-4H3,(H,17,18). The molecule has 1 aromatic carbocycles. The molecule has 0 aliphatic heterocycles. The number of hydrogen-bond donors (Lipinski definition) is 1. The van der Waals surface area contributed by atoms with Gasteiger partial charge in [-0.25, -0.2) is 0 Å². The number of aryl methyl sites for hydroxylation is 1. The highest BCUT2D eigenvalue weighted by Crippen LogP contribution is 2.14. The van der Waals surface area contributed by atoms with Crippen LogP contribution >= 0.6 is 11.6 Å². The number of halogens is 1. The molecule has 0 saturated heterocycles. The van der Waals surface area contributed by atoms with E-state index in [1.807, 2.05) is 32.0 Å². The SMILES string of the molecule is Cc1cccc(C(=O)NC(CCCl)C(C)C)c1C. The Balaban J connectivity index is 2.84. The lowest BCUT2D eigenvalue weighted by atomic mass is 9.99. The molecule has 0 bridgehead atoms. The molecule has 0 spiro atoms. The van der Waals surface area contributed by atoms with Gasteiger partial charge in [-0.3, -0.25) is 4.79 Å². The molecular formula is C15H22ClNO. The van der Waals surface area contributed by atoms with Crippen LogP contribution in [0.15, 0.2) is 18.2 Å². The van der Waals surface area contributed by atoms with Crippen molar-refractivity contribution in [1.82, 2.24) is 5.32 Å². The molecule has 100 valence electrons. The summed E-state index contributed by atoms with van der Waals surface area (Å²) in [6.07, 6.45) is 0.801. The molecule has 0 fully saturated rings. The number of carbonyl (C=O) groups excluding carboxylic acids is 1. The number of amides is 1. The van der Waals surface area contributed by atoms with Gasteiger partial charge in [0.15, 0.2) is 0 Å². The average molecular weight is 268 g/mol. The number of alkyl halides is 1. The predicted octanol–water partition coefficient (Wildman–Crippen LogP) is 3.69. The molecule has 1 amide bonds. The van der Waals surface area contributed by atoms with Crippen LogP contribution in [-0.2, 0) is 0 Å². The molecule has 1 aromatic rings. The molecule has 1 rings (SSSR count). The summed E-state index contributed by atoms with van der Waals surface area (Å²) < 4.78 is 0. The number of nitrogens with one attached hydrogen (secondary N) is 1. The third-order valence-corrected chi connectivity index (χ3v) is 3.61. The van der Waals surface area contributed by atoms with Crippen LogP contribution in [0.25, 0.3) is 0 Å². The molecule has 0 radical (unpaired) electrons. The highest BCUT2D eigenvalue weighted by molar-refractivity contribution is 6.17. The largest absolute Gasteiger partial charge is 0.349 e. The Kier molecular flexibility index (Phi) is 5.67. The first kappa shape index (κ1) is 15.0. The molecule has 0 heterocycles. The molecule has 1 N–H and O–H groups in total. The summed E-state index contributed by atoms with van der Waals surface area (Å²) in [6.45, 7) is 8.20. The molecule has 18 heavy (non-hydrogen) atoms. The van der Waals surface area contributed by atoms with Crippen LogP contribution in [0, 0.1) is 19.8 Å². The zero-order valence-electron chi connectivity index (χ0n) is 11.6. The second-order valence-electron chi connectivity index (χ2n) is 5.05. The fourth-order valence-electron chi connectivity index (χ4n) is 1.93. The normalized spacial score (nSPS) is 12.6. The molecule has 1 unspecified atom stereocenters. The summed E-state index contributed by atoms with van der Waals surface area (Å²) in [4.78, 5) is 12.3. The molecule has 2 nitrogen and oxygen atoms in total. The second kappa shape index (κ2) is 6.79. The lowest BCUT2D eigenvalue weighted by molar-refractivity contribution is 0.0924. The Morgan fingerprint density at radius 3 is 2.56 bits per heavy atom. The fraction of sp³-hybridized carbons (Fsp3) is 0.533. The van der Waals surface area contributed by atoms with Crippen molar-refractivity contribution in [3.63, 3.8) is 0 Å². The van der Waals surface area contributed by atoms with Gasteiger partial charge in [0.05, 0.1) is 0 Å². The van der Waals surface area contributed by atoms with E-state index in [4.69, 9.17) is 11.6 Å². The Morgan fingerprint density at radius 1 is 1.33 bits per heavy atom. The second-order valence-corrected chi connectivity index (χ2v) is 5.43. The van der Waals surface area contributed by atoms with Crippen molar-refractivity contribution in [2.75, 3.05) is 5.88 Å². The van der Waals surface area contributed by atoms with Gasteiger partial charge in [0.1, 0.15) is 0 Å². The highest BCUT2D eigenvalue weighted by Gasteiger charge is 2.17. The minimum atomic E-state index is 0.0000154. The maximum Gasteiger partial charge on any atom is 0.251 e. The third kappa shape index (κ3) is 3.74. The van der Waals surface area contributed by atoms with Gasteiger partial charge >= 0.3 is 0 Å². The Morgan fingerprint density at radius 2 is 2.00 bits per heavy atom. The van der Waals surface area contributed by atoms with Crippen LogP contribution in [-0.4, -0.2) is 17.8 Å². The Bertz CT molecular complexity index is 415. The number of hydrogen-bond acceptors (Lipinski definition) is 1. The summed E-state index contributed by atoms with van der Waals surface area (Å²) in [5.41, 5.74) is 2.94. The first-order chi connectivity index (χ1) is 8.47. The van der Waals surface area contributed by atoms with Gasteiger partial charge in [0.25, 0.3) is 5.91 Å². The zero-order valence-corrected chi connectivity index (χ0v) is 12.3. The number of benzene rings is 1. The Hall–Kier alpha value is -1.02. The first-order valence-corrected chi connectivity index (χ1v) is 6.93. The molecule has 0 aromatic heterocycles. The van der Waals surface area contributed by atoms with Crippen molar-refractivity contribution in [3.8, 4) is 0 Å². The molecule has 0 aliphatic rings. The van der Waals surface area contributed by atoms with Crippen LogP contribution in [0.4, 0.5) is 0 Å². The average Bonchev–Trinajstić information content (AvgIpc) is 2.31. The van der Waals surface area contributed by atoms with Crippen LogP contribution in [0.2, 0.25) is 0 Å². The van der Waals surface area contributed by atoms with Crippen LogP contribution < -0.4 is 5.32 Å². The lowest BCUT2D eigenvalue weighted by Gasteiger charge is -2.22. The van der Waals surface area contributed by atoms with Gasteiger partial charge in [0.2, 0.25) is 0 Å². The molecule has 1 atom stereocenters. The van der Waals surface area contributed by atoms with E-state index in [0.717, 1.165) is 23.1 Å². The van der Waals surface area contributed by atoms with Gasteiger partial charge in [-0.05, 0) is 43.4 Å². The summed E-state index contributed by atoms with van der Waals surface area (Å²) in [5, 5.41) is 3.08. The third-order valence-electron chi connectivity index (χ3n) is 3.39. The minimum Gasteiger partial charge on any atom is -0.349 e. The van der Waals surface area contributed by atoms with Crippen molar-refractivity contribution in [2.24, 2.45) is 5.92 Å². The predicted molar refractivity (Wildman–Crippen MR) is 77.3 cm³/mol. The van der Waals surface area contributed by atoms with Gasteiger partial charge in [0, 0.05) is 17.5 Å². The van der Waals surface area contributed by atoms with E-state index in [1.54, 1.807) is 0 Å². The minimum absolute atomic E-state index is 0.0000154. The van der Waals surface area contributed by atoms with Gasteiger partial charge < -0.3 is 5.32 Å². The van der Waals surface area contributed by atoms with E-state index in [9.17, 15) is 4.79 Å². The highest BCUT2D eigenvalue weighted by atomic mass is 35.5. The monoisotopic (exact) mass is 267 g/mol. The fourth-order valence-corrected chi connectivity index (χ4v) is 2.17. The summed E-state index contributed by atoms with van der Waals surface area (Å²) in [6, 6.07) is 5.94. The van der Waals surface area contributed by atoms with E-state index < -0.39 is 0 Å². The first-order valence-electron chi connectivity index (χ1n) is 6.40. The van der Waals surface area contributed by atoms with E-state index in [-0.39, 0.29) is 11.9 Å². The van der Waals surface area contributed by atoms with Crippen LogP contribution in [0.3, 0.4) is 0 Å².